The Balaban J connectivity index is 0.761. The zero-order chi connectivity index (χ0) is 58.1. The molecule has 88 heavy (non-hydrogen) atoms. The monoisotopic (exact) mass is 1120 g/mol. The Hall–Kier alpha value is -11.7. The van der Waals surface area contributed by atoms with Crippen molar-refractivity contribution in [1.82, 2.24) is 39.9 Å². The van der Waals surface area contributed by atoms with Gasteiger partial charge in [0.2, 0.25) is 0 Å². The van der Waals surface area contributed by atoms with Gasteiger partial charge in [-0.1, -0.05) is 243 Å². The van der Waals surface area contributed by atoms with Crippen LogP contribution in [-0.2, 0) is 0 Å². The van der Waals surface area contributed by atoms with Crippen LogP contribution in [-0.4, -0.2) is 39.9 Å². The van der Waals surface area contributed by atoms with Crippen LogP contribution in [0.2, 0.25) is 0 Å². The lowest BCUT2D eigenvalue weighted by atomic mass is 9.60. The fourth-order valence-corrected chi connectivity index (χ4v) is 13.1. The zero-order valence-corrected chi connectivity index (χ0v) is 47.4. The van der Waals surface area contributed by atoms with E-state index >= 15 is 0 Å². The molecule has 0 aliphatic heterocycles. The van der Waals surface area contributed by atoms with Crippen LogP contribution in [0.5, 0.6) is 0 Å². The molecule has 410 valence electrons. The van der Waals surface area contributed by atoms with Gasteiger partial charge >= 0.3 is 0 Å². The molecule has 8 nitrogen and oxygen atoms in total. The predicted octanol–water partition coefficient (Wildman–Crippen LogP) is 18.8. The van der Waals surface area contributed by atoms with Crippen LogP contribution in [0.4, 0.5) is 0 Å². The van der Waals surface area contributed by atoms with Crippen molar-refractivity contribution in [3.05, 3.63) is 325 Å². The summed E-state index contributed by atoms with van der Waals surface area (Å²) >= 11 is 0. The van der Waals surface area contributed by atoms with Gasteiger partial charge in [0, 0.05) is 78.2 Å². The third kappa shape index (κ3) is 8.93. The average molecular weight is 1120 g/mol. The van der Waals surface area contributed by atoms with E-state index in [2.05, 4.69) is 194 Å². The minimum absolute atomic E-state index is 0.000825. The van der Waals surface area contributed by atoms with Crippen molar-refractivity contribution in [3.63, 3.8) is 0 Å². The summed E-state index contributed by atoms with van der Waals surface area (Å²) in [5.74, 6) is 2.69. The number of rotatable bonds is 10. The Morgan fingerprint density at radius 1 is 0.182 bits per heavy atom. The molecule has 0 amide bonds. The van der Waals surface area contributed by atoms with E-state index in [0.717, 1.165) is 112 Å². The molecule has 8 heteroatoms. The molecule has 15 aromatic rings. The minimum Gasteiger partial charge on any atom is -0.228 e. The highest BCUT2D eigenvalue weighted by molar-refractivity contribution is 5.96. The van der Waals surface area contributed by atoms with Crippen molar-refractivity contribution >= 4 is 21.8 Å². The fourth-order valence-electron chi connectivity index (χ4n) is 13.1. The van der Waals surface area contributed by atoms with Gasteiger partial charge in [-0.25, -0.2) is 39.9 Å². The number of hydrogen-bond donors (Lipinski definition) is 0. The number of fused-ring (bicyclic) bond motifs is 2. The van der Waals surface area contributed by atoms with Crippen molar-refractivity contribution in [2.75, 3.05) is 0 Å². The summed E-state index contributed by atoms with van der Waals surface area (Å²) in [5.41, 5.74) is 24.5. The minimum atomic E-state index is -0.000825. The third-order valence-corrected chi connectivity index (χ3v) is 17.3. The summed E-state index contributed by atoms with van der Waals surface area (Å²) in [7, 11) is 0. The Labute approximate surface area is 508 Å². The third-order valence-electron chi connectivity index (χ3n) is 17.3. The van der Waals surface area contributed by atoms with E-state index in [1.165, 1.54) is 33.4 Å². The SMILES string of the molecule is c1ccc(-c2nc(-c3cccc(-c4nc(-c5ccccc5)nc5ccccc45)c3)cc(-c3ccc4c(c3)C3c5ccccc5C4c4cc(-c5cc(-c6cccc(-c7nc(-c8ccccc8)nc8ccccc78)c6)nc(-c6ccccc6)n5)ccc43)n2)cc1. The van der Waals surface area contributed by atoms with E-state index in [1.807, 2.05) is 97.1 Å². The first-order valence-electron chi connectivity index (χ1n) is 29.7. The highest BCUT2D eigenvalue weighted by atomic mass is 14.9. The lowest BCUT2D eigenvalue weighted by molar-refractivity contribution is 0.755. The summed E-state index contributed by atoms with van der Waals surface area (Å²) < 4.78 is 0. The molecule has 0 fully saturated rings. The molecule has 0 N–H and O–H groups in total. The van der Waals surface area contributed by atoms with Crippen LogP contribution in [0.15, 0.2) is 291 Å². The molecule has 2 bridgehead atoms. The summed E-state index contributed by atoms with van der Waals surface area (Å²) in [6.07, 6.45) is 0. The molecular weight excluding hydrogens is 1070 g/mol. The Kier molecular flexibility index (Phi) is 12.2. The maximum absolute atomic E-state index is 5.37. The number of benzene rings is 11. The van der Waals surface area contributed by atoms with E-state index < -0.39 is 0 Å². The van der Waals surface area contributed by atoms with Crippen molar-refractivity contribution in [2.45, 2.75) is 11.8 Å². The average Bonchev–Trinajstić information content (AvgIpc) is 1.13. The van der Waals surface area contributed by atoms with Crippen LogP contribution in [0.1, 0.15) is 45.2 Å². The second-order valence-electron chi connectivity index (χ2n) is 22.6. The maximum atomic E-state index is 5.37. The van der Waals surface area contributed by atoms with Gasteiger partial charge in [0.25, 0.3) is 0 Å². The van der Waals surface area contributed by atoms with Gasteiger partial charge in [0.1, 0.15) is 0 Å². The first-order valence-corrected chi connectivity index (χ1v) is 29.7. The number of aromatic nitrogens is 8. The van der Waals surface area contributed by atoms with Gasteiger partial charge in [0.15, 0.2) is 23.3 Å². The molecule has 2 unspecified atom stereocenters. The lowest BCUT2D eigenvalue weighted by Gasteiger charge is -2.42. The normalized spacial score (nSPS) is 13.7. The highest BCUT2D eigenvalue weighted by Gasteiger charge is 2.41. The Morgan fingerprint density at radius 2 is 0.477 bits per heavy atom. The molecule has 0 spiro atoms. The van der Waals surface area contributed by atoms with Crippen LogP contribution in [0.25, 0.3) is 135 Å². The molecule has 18 rings (SSSR count). The van der Waals surface area contributed by atoms with Crippen molar-refractivity contribution in [1.29, 1.82) is 0 Å². The second-order valence-corrected chi connectivity index (χ2v) is 22.6. The van der Waals surface area contributed by atoms with E-state index in [1.54, 1.807) is 0 Å². The summed E-state index contributed by atoms with van der Waals surface area (Å²) in [5, 5.41) is 1.97. The van der Waals surface area contributed by atoms with Crippen LogP contribution >= 0.6 is 0 Å². The number of para-hydroxylation sites is 2. The van der Waals surface area contributed by atoms with Gasteiger partial charge < -0.3 is 0 Å². The first kappa shape index (κ1) is 50.7. The van der Waals surface area contributed by atoms with Gasteiger partial charge in [-0.15, -0.1) is 0 Å². The summed E-state index contributed by atoms with van der Waals surface area (Å²) in [6, 6.07) is 102. The van der Waals surface area contributed by atoms with Gasteiger partial charge in [-0.3, -0.25) is 0 Å². The van der Waals surface area contributed by atoms with Crippen LogP contribution in [0.3, 0.4) is 0 Å². The molecule has 4 aromatic heterocycles. The van der Waals surface area contributed by atoms with E-state index in [9.17, 15) is 0 Å². The molecule has 11 aromatic carbocycles. The molecule has 4 heterocycles. The maximum Gasteiger partial charge on any atom is 0.160 e. The molecule has 3 aliphatic carbocycles. The van der Waals surface area contributed by atoms with Crippen LogP contribution in [0, 0.1) is 0 Å². The number of nitrogens with zero attached hydrogens (tertiary/aromatic N) is 8. The molecule has 0 radical (unpaired) electrons. The van der Waals surface area contributed by atoms with E-state index in [0.29, 0.717) is 23.3 Å². The molecular formula is C80H50N8. The molecule has 2 atom stereocenters. The van der Waals surface area contributed by atoms with Crippen molar-refractivity contribution < 1.29 is 0 Å². The Morgan fingerprint density at radius 3 is 0.864 bits per heavy atom. The van der Waals surface area contributed by atoms with Gasteiger partial charge in [-0.2, -0.15) is 0 Å². The van der Waals surface area contributed by atoms with Gasteiger partial charge in [0.05, 0.1) is 45.2 Å². The fraction of sp³-hybridized carbons (Fsp3) is 0.0250. The topological polar surface area (TPSA) is 103 Å². The molecule has 0 saturated carbocycles. The molecule has 3 aliphatic rings. The van der Waals surface area contributed by atoms with E-state index in [4.69, 9.17) is 39.9 Å². The van der Waals surface area contributed by atoms with Crippen molar-refractivity contribution in [2.24, 2.45) is 0 Å². The standard InChI is InChI=1S/C80H50N8/c1-5-21-49(22-6-1)77-83-69(53-29-19-31-57(43-53)75-63-35-15-17-37-67(63)81-79(87-75)51-25-9-3-10-26-51)47-71(85-77)55-39-41-61-65(45-55)73-59-33-13-14-34-60(59)74(61)66-46-56(40-42-62(66)73)72-48-70(84-78(86-72)50-23-7-2-8-24-50)54-30-20-32-58(44-54)76-64-36-16-18-38-68(64)82-80(88-76)52-27-11-4-12-28-52/h1-48,73-74H. The molecule has 0 saturated heterocycles. The first-order chi connectivity index (χ1) is 43.6. The summed E-state index contributed by atoms with van der Waals surface area (Å²) in [6.45, 7) is 0. The Bertz CT molecular complexity index is 4900. The van der Waals surface area contributed by atoms with E-state index in [-0.39, 0.29) is 11.8 Å². The van der Waals surface area contributed by atoms with Gasteiger partial charge in [-0.05, 0) is 81.9 Å². The quantitative estimate of drug-likeness (QED) is 0.133. The highest BCUT2D eigenvalue weighted by Crippen LogP contribution is 2.57. The smallest absolute Gasteiger partial charge is 0.160 e. The largest absolute Gasteiger partial charge is 0.228 e. The number of hydrogen-bond acceptors (Lipinski definition) is 8. The summed E-state index contributed by atoms with van der Waals surface area (Å²) in [4.78, 5) is 41.8. The lowest BCUT2D eigenvalue weighted by Crippen LogP contribution is -2.27. The predicted molar refractivity (Wildman–Crippen MR) is 353 cm³/mol. The zero-order valence-electron chi connectivity index (χ0n) is 47.4. The second kappa shape index (κ2) is 21.1. The van der Waals surface area contributed by atoms with Crippen molar-refractivity contribution in [3.8, 4) is 113 Å². The van der Waals surface area contributed by atoms with Crippen LogP contribution < -0.4 is 0 Å².